The van der Waals surface area contributed by atoms with Gasteiger partial charge in [-0.15, -0.1) is 0 Å². The van der Waals surface area contributed by atoms with Gasteiger partial charge in [0.05, 0.1) is 0 Å². The van der Waals surface area contributed by atoms with Crippen molar-refractivity contribution in [1.82, 2.24) is 19.6 Å². The Kier molecular flexibility index (Phi) is 38.1. The monoisotopic (exact) mass is 1130 g/mol. The third kappa shape index (κ3) is 27.8. The zero-order valence-corrected chi connectivity index (χ0v) is 58.0. The van der Waals surface area contributed by atoms with Gasteiger partial charge in [0.15, 0.2) is 0 Å². The lowest BCUT2D eigenvalue weighted by atomic mass is 9.81. The lowest BCUT2D eigenvalue weighted by Gasteiger charge is -2.45. The summed E-state index contributed by atoms with van der Waals surface area (Å²) >= 11 is 0. The standard InChI is InChI=1S/C19H31N.2C18H29N.C17H27N.3C2H6/c1-6-16-10-11-20(19(4,5)13-16)14-17-8-7-9-18(12-17)15(2)3;1-14(2)17-8-10-19(11-9-17)13-16-6-5-7-18(12-16)15(3)4;1-4-6-16-7-5-8-17(13-16)14-19-11-9-18(10-12-19)15(2)3;1-4-15-6-5-7-16(12-15)13-18-10-8-17(9-11-18)14(2)3;3*1-2/h7-9,12,15-16H,6,10-11,13-14H2,1-5H3;5-7,12,14-15,17H,8-11,13H2,1-4H3;5,7-8,13,15,18H,4,6,9-12,14H2,1-3H3;5-7,12,14,17H,4,8-11,13H2,1-3H3;3*1-2H3. The molecular formula is C78H134N4. The van der Waals surface area contributed by atoms with Crippen LogP contribution < -0.4 is 0 Å². The lowest BCUT2D eigenvalue weighted by molar-refractivity contribution is 0.0385. The van der Waals surface area contributed by atoms with E-state index in [0.29, 0.717) is 17.4 Å². The van der Waals surface area contributed by atoms with Crippen LogP contribution in [0.2, 0.25) is 0 Å². The van der Waals surface area contributed by atoms with Crippen molar-refractivity contribution in [2.75, 3.05) is 45.8 Å². The maximum Gasteiger partial charge on any atom is 0.0239 e. The van der Waals surface area contributed by atoms with Gasteiger partial charge in [-0.3, -0.25) is 19.6 Å². The average Bonchev–Trinajstić information content (AvgIpc) is 3.48. The van der Waals surface area contributed by atoms with Crippen molar-refractivity contribution < 1.29 is 0 Å². The number of piperidine rings is 4. The second-order valence-corrected chi connectivity index (χ2v) is 26.6. The van der Waals surface area contributed by atoms with E-state index in [2.05, 4.69) is 221 Å². The highest BCUT2D eigenvalue weighted by molar-refractivity contribution is 5.28. The first-order valence-corrected chi connectivity index (χ1v) is 34.6. The van der Waals surface area contributed by atoms with Crippen molar-refractivity contribution in [2.24, 2.45) is 41.4 Å². The molecule has 4 heterocycles. The fraction of sp³-hybridized carbons (Fsp3) is 0.692. The number of rotatable bonds is 17. The Morgan fingerprint density at radius 3 is 1.06 bits per heavy atom. The predicted octanol–water partition coefficient (Wildman–Crippen LogP) is 21.6. The van der Waals surface area contributed by atoms with E-state index in [0.717, 1.165) is 74.0 Å². The van der Waals surface area contributed by atoms with Gasteiger partial charge in [-0.25, -0.2) is 0 Å². The minimum absolute atomic E-state index is 0.340. The molecule has 4 nitrogen and oxygen atoms in total. The molecule has 4 aliphatic heterocycles. The summed E-state index contributed by atoms with van der Waals surface area (Å²) in [5.41, 5.74) is 12.2. The Balaban J connectivity index is 0.000000362. The number of hydrogen-bond donors (Lipinski definition) is 0. The molecule has 0 radical (unpaired) electrons. The van der Waals surface area contributed by atoms with Crippen molar-refractivity contribution in [1.29, 1.82) is 0 Å². The van der Waals surface area contributed by atoms with Gasteiger partial charge in [-0.05, 0) is 222 Å². The van der Waals surface area contributed by atoms with Crippen LogP contribution in [0, 0.1) is 41.4 Å². The highest BCUT2D eigenvalue weighted by Crippen LogP contribution is 2.35. The number of benzene rings is 4. The molecule has 82 heavy (non-hydrogen) atoms. The zero-order chi connectivity index (χ0) is 61.2. The van der Waals surface area contributed by atoms with Crippen molar-refractivity contribution in [3.63, 3.8) is 0 Å². The van der Waals surface area contributed by atoms with Gasteiger partial charge in [0.25, 0.3) is 0 Å². The SMILES string of the molecule is CC.CC.CC.CC(C)c1cccc(CN2CCC(C(C)C)CC2)c1.CCC1CCN(Cc2cccc(C(C)C)c2)C(C)(C)C1.CCCc1cccc(CN2CCC(C(C)C)CC2)c1.CCc1cccc(CN2CCC(C(C)C)CC2)c1. The summed E-state index contributed by atoms with van der Waals surface area (Å²) in [6.07, 6.45) is 15.9. The van der Waals surface area contributed by atoms with Crippen LogP contribution in [0.4, 0.5) is 0 Å². The van der Waals surface area contributed by atoms with Crippen LogP contribution >= 0.6 is 0 Å². The van der Waals surface area contributed by atoms with Gasteiger partial charge in [0, 0.05) is 31.7 Å². The van der Waals surface area contributed by atoms with E-state index in [1.165, 1.54) is 161 Å². The molecule has 1 atom stereocenters. The second-order valence-electron chi connectivity index (χ2n) is 26.6. The summed E-state index contributed by atoms with van der Waals surface area (Å²) in [6, 6.07) is 36.5. The molecule has 4 aromatic rings. The van der Waals surface area contributed by atoms with E-state index >= 15 is 0 Å². The van der Waals surface area contributed by atoms with Crippen LogP contribution in [0.25, 0.3) is 0 Å². The molecule has 4 aliphatic rings. The van der Waals surface area contributed by atoms with Crippen molar-refractivity contribution >= 4 is 0 Å². The Morgan fingerprint density at radius 1 is 0.402 bits per heavy atom. The molecule has 4 fully saturated rings. The number of likely N-dealkylation sites (tertiary alicyclic amines) is 4. The summed E-state index contributed by atoms with van der Waals surface area (Å²) < 4.78 is 0. The van der Waals surface area contributed by atoms with E-state index in [4.69, 9.17) is 0 Å². The zero-order valence-electron chi connectivity index (χ0n) is 58.0. The normalized spacial score (nSPS) is 18.4. The van der Waals surface area contributed by atoms with Crippen molar-refractivity contribution in [2.45, 2.75) is 266 Å². The van der Waals surface area contributed by atoms with Gasteiger partial charge < -0.3 is 0 Å². The summed E-state index contributed by atoms with van der Waals surface area (Å²) in [7, 11) is 0. The van der Waals surface area contributed by atoms with E-state index in [9.17, 15) is 0 Å². The Labute approximate surface area is 511 Å². The fourth-order valence-corrected chi connectivity index (χ4v) is 12.8. The van der Waals surface area contributed by atoms with Crippen LogP contribution in [0.5, 0.6) is 0 Å². The fourth-order valence-electron chi connectivity index (χ4n) is 12.8. The number of aryl methyl sites for hydroxylation is 2. The van der Waals surface area contributed by atoms with E-state index in [-0.39, 0.29) is 0 Å². The Bertz CT molecular complexity index is 2180. The molecule has 0 spiro atoms. The predicted molar refractivity (Wildman–Crippen MR) is 367 cm³/mol. The molecule has 4 saturated heterocycles. The Hall–Kier alpha value is -3.28. The van der Waals surface area contributed by atoms with Crippen LogP contribution in [-0.4, -0.2) is 71.0 Å². The minimum atomic E-state index is 0.340. The maximum atomic E-state index is 2.68. The van der Waals surface area contributed by atoms with Crippen LogP contribution in [0.3, 0.4) is 0 Å². The summed E-state index contributed by atoms with van der Waals surface area (Å²) in [5, 5.41) is 0. The average molecular weight is 1130 g/mol. The van der Waals surface area contributed by atoms with Gasteiger partial charge in [0.1, 0.15) is 0 Å². The molecule has 0 bridgehead atoms. The van der Waals surface area contributed by atoms with E-state index < -0.39 is 0 Å². The summed E-state index contributed by atoms with van der Waals surface area (Å²) in [6.45, 7) is 60.4. The topological polar surface area (TPSA) is 13.0 Å². The van der Waals surface area contributed by atoms with Gasteiger partial charge in [-0.1, -0.05) is 241 Å². The second kappa shape index (κ2) is 41.7. The molecule has 4 heteroatoms. The summed E-state index contributed by atoms with van der Waals surface area (Å²) in [4.78, 5) is 10.6. The van der Waals surface area contributed by atoms with Crippen molar-refractivity contribution in [3.05, 3.63) is 142 Å². The lowest BCUT2D eigenvalue weighted by Crippen LogP contribution is -2.49. The maximum absolute atomic E-state index is 2.68. The molecule has 0 N–H and O–H groups in total. The van der Waals surface area contributed by atoms with Crippen LogP contribution in [-0.2, 0) is 39.0 Å². The number of nitrogens with zero attached hydrogens (tertiary/aromatic N) is 4. The third-order valence-corrected chi connectivity index (χ3v) is 18.5. The minimum Gasteiger partial charge on any atom is -0.299 e. The van der Waals surface area contributed by atoms with Gasteiger partial charge >= 0.3 is 0 Å². The molecule has 4 aromatic carbocycles. The molecule has 1 unspecified atom stereocenters. The number of hydrogen-bond acceptors (Lipinski definition) is 4. The molecule has 466 valence electrons. The van der Waals surface area contributed by atoms with Gasteiger partial charge in [-0.2, -0.15) is 0 Å². The highest BCUT2D eigenvalue weighted by atomic mass is 15.2. The van der Waals surface area contributed by atoms with Gasteiger partial charge in [0.2, 0.25) is 0 Å². The molecule has 0 saturated carbocycles. The first kappa shape index (κ1) is 74.8. The molecular weight excluding hydrogens is 993 g/mol. The molecule has 0 amide bonds. The van der Waals surface area contributed by atoms with Crippen molar-refractivity contribution in [3.8, 4) is 0 Å². The van der Waals surface area contributed by atoms with E-state index in [1.54, 1.807) is 0 Å². The van der Waals surface area contributed by atoms with Crippen LogP contribution in [0.15, 0.2) is 97.1 Å². The first-order valence-electron chi connectivity index (χ1n) is 34.6. The largest absolute Gasteiger partial charge is 0.299 e. The molecule has 8 rings (SSSR count). The Morgan fingerprint density at radius 2 is 0.732 bits per heavy atom. The van der Waals surface area contributed by atoms with Crippen LogP contribution in [0.1, 0.15) is 266 Å². The smallest absolute Gasteiger partial charge is 0.0239 e. The molecule has 0 aliphatic carbocycles. The quantitative estimate of drug-likeness (QED) is 0.104. The third-order valence-electron chi connectivity index (χ3n) is 18.5. The molecule has 0 aromatic heterocycles. The van der Waals surface area contributed by atoms with E-state index in [1.807, 2.05) is 41.5 Å². The highest BCUT2D eigenvalue weighted by Gasteiger charge is 2.34. The summed E-state index contributed by atoms with van der Waals surface area (Å²) in [5.74, 6) is 7.57. The first-order chi connectivity index (χ1) is 39.4.